The Morgan fingerprint density at radius 3 is 2.11 bits per heavy atom. The van der Waals surface area contributed by atoms with Gasteiger partial charge in [0.1, 0.15) is 5.75 Å². The number of benzene rings is 5. The number of fused-ring (bicyclic) bond motifs is 1. The highest BCUT2D eigenvalue weighted by molar-refractivity contribution is 5.94. The molecule has 1 aliphatic rings. The number of rotatable bonds is 18. The summed E-state index contributed by atoms with van der Waals surface area (Å²) in [6.07, 6.45) is 1.32. The summed E-state index contributed by atoms with van der Waals surface area (Å²) in [5.41, 5.74) is 1.98. The number of H-pyrrole nitrogens is 1. The fourth-order valence-electron chi connectivity index (χ4n) is 7.91. The smallest absolute Gasteiger partial charge is 0.347 e. The minimum absolute atomic E-state index is 0.0755. The van der Waals surface area contributed by atoms with Gasteiger partial charge in [-0.1, -0.05) is 91.0 Å². The molecule has 368 valence electrons. The van der Waals surface area contributed by atoms with Crippen molar-refractivity contribution in [2.75, 3.05) is 44.6 Å². The molecule has 10 N–H and O–H groups in total. The summed E-state index contributed by atoms with van der Waals surface area (Å²) in [5, 5.41) is 59.0. The highest BCUT2D eigenvalue weighted by Crippen LogP contribution is 2.34. The number of aliphatic hydroxyl groups excluding tert-OH is 1. The molecule has 70 heavy (non-hydrogen) atoms. The van der Waals surface area contributed by atoms with E-state index in [0.29, 0.717) is 47.3 Å². The number of ether oxygens (including phenoxy) is 1. The lowest BCUT2D eigenvalue weighted by molar-refractivity contribution is -0.164. The van der Waals surface area contributed by atoms with Crippen molar-refractivity contribution in [3.05, 3.63) is 177 Å². The molecule has 2 atom stereocenters. The molecule has 2 heterocycles. The van der Waals surface area contributed by atoms with Crippen molar-refractivity contribution in [1.82, 2.24) is 25.8 Å². The number of carbonyl (C=O) groups excluding carboxylic acids is 3. The summed E-state index contributed by atoms with van der Waals surface area (Å²) >= 11 is 0. The second kappa shape index (κ2) is 27.2. The number of amides is 3. The molecule has 7 rings (SSSR count). The number of esters is 1. The molecule has 1 fully saturated rings. The Hall–Kier alpha value is -7.90. The number of aromatic hydroxyl groups is 1. The van der Waals surface area contributed by atoms with Gasteiger partial charge in [-0.15, -0.1) is 0 Å². The fraction of sp³-hybridized carbons (Fsp3) is 0.269. The van der Waals surface area contributed by atoms with Gasteiger partial charge in [-0.3, -0.25) is 24.1 Å². The molecule has 1 aliphatic heterocycles. The number of nitrogens with zero attached hydrogens (tertiary/aromatic N) is 1. The van der Waals surface area contributed by atoms with Crippen LogP contribution in [0.5, 0.6) is 5.75 Å². The number of likely N-dealkylation sites (tertiary alicyclic amines) is 1. The van der Waals surface area contributed by atoms with E-state index in [0.717, 1.165) is 38.0 Å². The average molecular weight is 959 g/mol. The summed E-state index contributed by atoms with van der Waals surface area (Å²) in [4.78, 5) is 72.9. The first-order valence-corrected chi connectivity index (χ1v) is 22.5. The molecule has 0 saturated carbocycles. The molecule has 1 unspecified atom stereocenters. The van der Waals surface area contributed by atoms with Crippen LogP contribution in [0.1, 0.15) is 63.5 Å². The minimum Gasteiger partial charge on any atom is -0.506 e. The van der Waals surface area contributed by atoms with Gasteiger partial charge in [0.15, 0.2) is 0 Å². The van der Waals surface area contributed by atoms with Gasteiger partial charge in [-0.25, -0.2) is 9.59 Å². The first-order valence-electron chi connectivity index (χ1n) is 22.5. The zero-order chi connectivity index (χ0) is 50.3. The van der Waals surface area contributed by atoms with Gasteiger partial charge in [0.25, 0.3) is 18.9 Å². The third kappa shape index (κ3) is 15.3. The van der Waals surface area contributed by atoms with Crippen LogP contribution in [0, 0.1) is 5.92 Å². The summed E-state index contributed by atoms with van der Waals surface area (Å²) in [6.45, 7) is 3.59. The molecule has 0 radical (unpaired) electrons. The Kier molecular flexibility index (Phi) is 20.6. The Balaban J connectivity index is 0.00000145. The lowest BCUT2D eigenvalue weighted by atomic mass is 9.86. The van der Waals surface area contributed by atoms with E-state index in [4.69, 9.17) is 24.5 Å². The van der Waals surface area contributed by atoms with Crippen LogP contribution < -0.4 is 26.8 Å². The normalized spacial score (nSPS) is 13.7. The lowest BCUT2D eigenvalue weighted by Crippen LogP contribution is -2.40. The summed E-state index contributed by atoms with van der Waals surface area (Å²) in [7, 11) is 0. The fourth-order valence-corrected chi connectivity index (χ4v) is 7.91. The third-order valence-corrected chi connectivity index (χ3v) is 11.5. The highest BCUT2D eigenvalue weighted by atomic mass is 16.5. The van der Waals surface area contributed by atoms with Gasteiger partial charge in [-0.2, -0.15) is 0 Å². The number of carbonyl (C=O) groups is 5. The number of piperidine rings is 1. The second-order valence-electron chi connectivity index (χ2n) is 16.3. The van der Waals surface area contributed by atoms with Crippen LogP contribution in [-0.2, 0) is 37.8 Å². The van der Waals surface area contributed by atoms with Crippen LogP contribution in [0.2, 0.25) is 0 Å². The quantitative estimate of drug-likeness (QED) is 0.0305. The number of pyridine rings is 1. The summed E-state index contributed by atoms with van der Waals surface area (Å²) in [6, 6.07) is 38.0. The molecule has 0 spiro atoms. The number of aromatic amines is 1. The van der Waals surface area contributed by atoms with Crippen LogP contribution in [-0.4, -0.2) is 106 Å². The molecule has 18 nitrogen and oxygen atoms in total. The average Bonchev–Trinajstić information content (AvgIpc) is 3.37. The molecule has 1 aromatic heterocycles. The Bertz CT molecular complexity index is 2670. The van der Waals surface area contributed by atoms with Crippen molar-refractivity contribution < 1.29 is 54.2 Å². The van der Waals surface area contributed by atoms with Gasteiger partial charge in [0.05, 0.1) is 18.2 Å². The minimum atomic E-state index is -2.11. The van der Waals surface area contributed by atoms with E-state index in [9.17, 15) is 34.5 Å². The third-order valence-electron chi connectivity index (χ3n) is 11.5. The van der Waals surface area contributed by atoms with E-state index in [1.165, 1.54) is 17.7 Å². The number of hydrogen-bond acceptors (Lipinski definition) is 12. The lowest BCUT2D eigenvalue weighted by Gasteiger charge is -2.33. The maximum absolute atomic E-state index is 13.8. The van der Waals surface area contributed by atoms with E-state index < -0.39 is 23.7 Å². The van der Waals surface area contributed by atoms with Gasteiger partial charge >= 0.3 is 12.0 Å². The number of carboxylic acid groups (broad SMARTS) is 2. The number of phenols is 1. The molecule has 1 saturated heterocycles. The molecule has 0 bridgehead atoms. The molecule has 0 aliphatic carbocycles. The van der Waals surface area contributed by atoms with Crippen LogP contribution in [0.4, 0.5) is 10.5 Å². The van der Waals surface area contributed by atoms with Gasteiger partial charge in [0.2, 0.25) is 11.2 Å². The first-order chi connectivity index (χ1) is 33.9. The number of aliphatic hydroxyl groups is 2. The number of urea groups is 1. The van der Waals surface area contributed by atoms with Crippen molar-refractivity contribution in [3.8, 4) is 5.75 Å². The summed E-state index contributed by atoms with van der Waals surface area (Å²) in [5.74, 6) is -0.944. The van der Waals surface area contributed by atoms with Gasteiger partial charge < -0.3 is 56.5 Å². The maximum Gasteiger partial charge on any atom is 0.347 e. The van der Waals surface area contributed by atoms with Crippen molar-refractivity contribution in [2.24, 2.45) is 5.92 Å². The molecule has 18 heteroatoms. The Morgan fingerprint density at radius 1 is 0.786 bits per heavy atom. The number of aromatic nitrogens is 1. The number of nitrogens with one attached hydrogen (secondary N) is 5. The van der Waals surface area contributed by atoms with Crippen LogP contribution in [0.25, 0.3) is 10.9 Å². The SMILES string of the molecule is O=C(NCCCNC(=O)c1ccc(CNC[C@H](O)c2ccc(O)c3[nH]c(=O)ccc23)cc1)Nc1cccc(C(O)(C(=O)OCC2CCN(Cc3ccccc3)CC2)c2ccccc2)c1.O=CO.O=CO. The molecular weight excluding hydrogens is 901 g/mol. The van der Waals surface area contributed by atoms with Gasteiger partial charge in [0, 0.05) is 61.0 Å². The predicted octanol–water partition coefficient (Wildman–Crippen LogP) is 5.09. The second-order valence-corrected chi connectivity index (χ2v) is 16.3. The maximum atomic E-state index is 13.8. The van der Waals surface area contributed by atoms with Crippen molar-refractivity contribution >= 4 is 47.4 Å². The van der Waals surface area contributed by atoms with E-state index in [1.54, 1.807) is 78.9 Å². The zero-order valence-corrected chi connectivity index (χ0v) is 38.3. The Labute approximate surface area is 404 Å². The number of hydrogen-bond donors (Lipinski definition) is 10. The monoisotopic (exact) mass is 958 g/mol. The van der Waals surface area contributed by atoms with Crippen LogP contribution in [0.3, 0.4) is 0 Å². The van der Waals surface area contributed by atoms with Crippen molar-refractivity contribution in [3.63, 3.8) is 0 Å². The highest BCUT2D eigenvalue weighted by Gasteiger charge is 2.42. The standard InChI is InChI=1S/C50H54N6O8.2CH2O2/c57-43-21-19-41(42-20-22-45(59)55-46(42)43)44(58)31-51-30-34-15-17-37(18-16-34)47(60)52-25-8-26-53-49(62)54-40-14-7-13-39(29-40)50(63,38-11-5-2-6-12-38)48(61)64-33-36-23-27-56(28-24-36)32-35-9-3-1-4-10-35;2*2-1-3/h1-7,9-22,29,36,44,51,57-58,63H,8,23-28,30-33H2,(H,52,60)(H,55,59)(H2,53,54,62);2*1H,(H,2,3)/t44-,50?;;/m0../s1. The number of anilines is 1. The number of phenolic OH excluding ortho intramolecular Hbond substituents is 1. The van der Waals surface area contributed by atoms with Crippen molar-refractivity contribution in [1.29, 1.82) is 0 Å². The van der Waals surface area contributed by atoms with Crippen molar-refractivity contribution in [2.45, 2.75) is 44.1 Å². The zero-order valence-electron chi connectivity index (χ0n) is 38.3. The largest absolute Gasteiger partial charge is 0.506 e. The van der Waals surface area contributed by atoms with E-state index in [1.807, 2.05) is 30.3 Å². The topological polar surface area (TPSA) is 280 Å². The van der Waals surface area contributed by atoms with Crippen LogP contribution in [0.15, 0.2) is 138 Å². The summed E-state index contributed by atoms with van der Waals surface area (Å²) < 4.78 is 5.85. The van der Waals surface area contributed by atoms with E-state index in [2.05, 4.69) is 43.3 Å². The van der Waals surface area contributed by atoms with E-state index >= 15 is 0 Å². The molecular formula is C52H58N6O12. The first kappa shape index (κ1) is 53.1. The predicted molar refractivity (Wildman–Crippen MR) is 262 cm³/mol. The molecule has 6 aromatic rings. The van der Waals surface area contributed by atoms with Crippen LogP contribution >= 0.6 is 0 Å². The molecule has 5 aromatic carbocycles. The molecule has 3 amide bonds. The Morgan fingerprint density at radius 2 is 1.43 bits per heavy atom. The van der Waals surface area contributed by atoms with Gasteiger partial charge in [-0.05, 0) is 96.9 Å². The van der Waals surface area contributed by atoms with E-state index in [-0.39, 0.29) is 66.9 Å².